The molecule has 30 heavy (non-hydrogen) atoms. The standard InChI is InChI=1S/C22H21N5O3/c1-13(2)20-24-25-21-22(30)26(17-9-4-5-10-18(17)27(20)21)12-19(29)23-16-8-6-7-15(11-16)14(3)28/h4-11,13H,12H2,1-3H3,(H,23,29). The maximum Gasteiger partial charge on any atom is 0.297 e. The van der Waals surface area contributed by atoms with Crippen LogP contribution in [0.3, 0.4) is 0 Å². The zero-order valence-electron chi connectivity index (χ0n) is 16.9. The highest BCUT2D eigenvalue weighted by Gasteiger charge is 2.19. The van der Waals surface area contributed by atoms with E-state index in [-0.39, 0.29) is 35.4 Å². The number of rotatable bonds is 5. The van der Waals surface area contributed by atoms with Gasteiger partial charge in [0.05, 0.1) is 11.0 Å². The van der Waals surface area contributed by atoms with Crippen LogP contribution in [0.5, 0.6) is 0 Å². The van der Waals surface area contributed by atoms with E-state index in [1.54, 1.807) is 34.7 Å². The molecule has 0 aliphatic carbocycles. The van der Waals surface area contributed by atoms with E-state index in [4.69, 9.17) is 0 Å². The van der Waals surface area contributed by atoms with E-state index in [0.717, 1.165) is 5.52 Å². The molecule has 1 N–H and O–H groups in total. The zero-order chi connectivity index (χ0) is 21.4. The fourth-order valence-corrected chi connectivity index (χ4v) is 3.47. The third kappa shape index (κ3) is 3.36. The lowest BCUT2D eigenvalue weighted by Gasteiger charge is -2.13. The van der Waals surface area contributed by atoms with Crippen LogP contribution in [0.15, 0.2) is 53.3 Å². The lowest BCUT2D eigenvalue weighted by atomic mass is 10.1. The SMILES string of the molecule is CC(=O)c1cccc(NC(=O)Cn2c(=O)c3nnc(C(C)C)n3c3ccccc32)c1. The Morgan fingerprint density at radius 3 is 2.47 bits per heavy atom. The first-order valence-electron chi connectivity index (χ1n) is 9.64. The van der Waals surface area contributed by atoms with Gasteiger partial charge in [0, 0.05) is 17.2 Å². The van der Waals surface area contributed by atoms with Gasteiger partial charge >= 0.3 is 0 Å². The maximum absolute atomic E-state index is 13.1. The quantitative estimate of drug-likeness (QED) is 0.517. The van der Waals surface area contributed by atoms with Crippen molar-refractivity contribution in [2.45, 2.75) is 33.2 Å². The first kappa shape index (κ1) is 19.5. The molecule has 4 aromatic rings. The number of fused-ring (bicyclic) bond motifs is 3. The molecule has 0 radical (unpaired) electrons. The van der Waals surface area contributed by atoms with Gasteiger partial charge in [-0.2, -0.15) is 0 Å². The van der Waals surface area contributed by atoms with E-state index >= 15 is 0 Å². The summed E-state index contributed by atoms with van der Waals surface area (Å²) < 4.78 is 3.15. The Bertz CT molecular complexity index is 1350. The number of carbonyl (C=O) groups is 2. The van der Waals surface area contributed by atoms with Gasteiger partial charge in [-0.1, -0.05) is 38.1 Å². The molecule has 0 aliphatic rings. The number of ketones is 1. The summed E-state index contributed by atoms with van der Waals surface area (Å²) in [5.41, 5.74) is 2.17. The van der Waals surface area contributed by atoms with Crippen LogP contribution in [0.25, 0.3) is 16.7 Å². The summed E-state index contributed by atoms with van der Waals surface area (Å²) in [6.45, 7) is 5.24. The van der Waals surface area contributed by atoms with Crippen LogP contribution in [0, 0.1) is 0 Å². The molecule has 152 valence electrons. The summed E-state index contributed by atoms with van der Waals surface area (Å²) in [5, 5.41) is 11.0. The van der Waals surface area contributed by atoms with Gasteiger partial charge in [-0.05, 0) is 31.2 Å². The van der Waals surface area contributed by atoms with Crippen molar-refractivity contribution in [1.29, 1.82) is 0 Å². The summed E-state index contributed by atoms with van der Waals surface area (Å²) >= 11 is 0. The van der Waals surface area contributed by atoms with Gasteiger partial charge in [-0.3, -0.25) is 23.4 Å². The first-order valence-corrected chi connectivity index (χ1v) is 9.64. The van der Waals surface area contributed by atoms with E-state index in [1.807, 2.05) is 32.0 Å². The number of nitrogens with one attached hydrogen (secondary N) is 1. The Balaban J connectivity index is 1.76. The highest BCUT2D eigenvalue weighted by Crippen LogP contribution is 2.19. The molecule has 8 nitrogen and oxygen atoms in total. The van der Waals surface area contributed by atoms with E-state index in [9.17, 15) is 14.4 Å². The van der Waals surface area contributed by atoms with Gasteiger partial charge in [0.25, 0.3) is 5.56 Å². The third-order valence-corrected chi connectivity index (χ3v) is 4.91. The minimum atomic E-state index is -0.388. The van der Waals surface area contributed by atoms with Gasteiger partial charge in [0.15, 0.2) is 5.78 Å². The first-order chi connectivity index (χ1) is 14.4. The van der Waals surface area contributed by atoms with Crippen LogP contribution in [0.1, 0.15) is 42.9 Å². The molecular formula is C22H21N5O3. The second kappa shape index (κ2) is 7.55. The molecule has 2 aromatic carbocycles. The van der Waals surface area contributed by atoms with E-state index in [2.05, 4.69) is 15.5 Å². The molecule has 0 aliphatic heterocycles. The van der Waals surface area contributed by atoms with Crippen molar-refractivity contribution < 1.29 is 9.59 Å². The lowest BCUT2D eigenvalue weighted by molar-refractivity contribution is -0.116. The molecule has 2 aromatic heterocycles. The molecule has 1 amide bonds. The Morgan fingerprint density at radius 2 is 1.77 bits per heavy atom. The minimum absolute atomic E-state index is 0.0792. The summed E-state index contributed by atoms with van der Waals surface area (Å²) in [7, 11) is 0. The van der Waals surface area contributed by atoms with Crippen molar-refractivity contribution in [2.75, 3.05) is 5.32 Å². The number of benzene rings is 2. The molecule has 4 rings (SSSR count). The maximum atomic E-state index is 13.1. The second-order valence-corrected chi connectivity index (χ2v) is 7.44. The number of amides is 1. The molecule has 0 unspecified atom stereocenters. The van der Waals surface area contributed by atoms with E-state index in [1.165, 1.54) is 11.5 Å². The van der Waals surface area contributed by atoms with Crippen molar-refractivity contribution in [3.63, 3.8) is 0 Å². The van der Waals surface area contributed by atoms with Crippen LogP contribution in [0.2, 0.25) is 0 Å². The summed E-state index contributed by atoms with van der Waals surface area (Å²) in [5.74, 6) is 0.300. The molecular weight excluding hydrogens is 382 g/mol. The smallest absolute Gasteiger partial charge is 0.297 e. The van der Waals surface area contributed by atoms with Crippen molar-refractivity contribution in [2.24, 2.45) is 0 Å². The number of nitrogens with zero attached hydrogens (tertiary/aromatic N) is 4. The number of para-hydroxylation sites is 2. The largest absolute Gasteiger partial charge is 0.325 e. The van der Waals surface area contributed by atoms with E-state index < -0.39 is 0 Å². The summed E-state index contributed by atoms with van der Waals surface area (Å²) in [6, 6.07) is 14.0. The van der Waals surface area contributed by atoms with Gasteiger partial charge < -0.3 is 5.32 Å². The fraction of sp³-hybridized carbons (Fsp3) is 0.227. The highest BCUT2D eigenvalue weighted by atomic mass is 16.2. The van der Waals surface area contributed by atoms with Crippen molar-refractivity contribution >= 4 is 34.1 Å². The lowest BCUT2D eigenvalue weighted by Crippen LogP contribution is -2.29. The number of hydrogen-bond acceptors (Lipinski definition) is 5. The fourth-order valence-electron chi connectivity index (χ4n) is 3.47. The van der Waals surface area contributed by atoms with Crippen LogP contribution in [-0.4, -0.2) is 30.9 Å². The average Bonchev–Trinajstić information content (AvgIpc) is 3.17. The summed E-state index contributed by atoms with van der Waals surface area (Å²) in [6.07, 6.45) is 0. The molecule has 0 bridgehead atoms. The number of anilines is 1. The monoisotopic (exact) mass is 403 g/mol. The van der Waals surface area contributed by atoms with Crippen molar-refractivity contribution in [3.05, 3.63) is 70.3 Å². The van der Waals surface area contributed by atoms with Gasteiger partial charge in [0.2, 0.25) is 11.6 Å². The number of hydrogen-bond donors (Lipinski definition) is 1. The van der Waals surface area contributed by atoms with Gasteiger partial charge in [0.1, 0.15) is 12.4 Å². The minimum Gasteiger partial charge on any atom is -0.325 e. The molecule has 0 saturated carbocycles. The highest BCUT2D eigenvalue weighted by molar-refractivity contribution is 5.97. The van der Waals surface area contributed by atoms with E-state index in [0.29, 0.717) is 22.6 Å². The second-order valence-electron chi connectivity index (χ2n) is 7.44. The van der Waals surface area contributed by atoms with Crippen molar-refractivity contribution in [1.82, 2.24) is 19.2 Å². The van der Waals surface area contributed by atoms with Crippen LogP contribution in [0.4, 0.5) is 5.69 Å². The Morgan fingerprint density at radius 1 is 1.03 bits per heavy atom. The molecule has 2 heterocycles. The number of aromatic nitrogens is 4. The van der Waals surface area contributed by atoms with Gasteiger partial charge in [-0.15, -0.1) is 10.2 Å². The van der Waals surface area contributed by atoms with Gasteiger partial charge in [-0.25, -0.2) is 0 Å². The van der Waals surface area contributed by atoms with Crippen LogP contribution < -0.4 is 10.9 Å². The molecule has 0 fully saturated rings. The normalized spacial score (nSPS) is 11.3. The average molecular weight is 403 g/mol. The Kier molecular flexibility index (Phi) is 4.91. The van der Waals surface area contributed by atoms with Crippen LogP contribution in [-0.2, 0) is 11.3 Å². The number of Topliss-reactive ketones (excluding diaryl/α,β-unsaturated/α-hetero) is 1. The molecule has 0 spiro atoms. The van der Waals surface area contributed by atoms with Crippen LogP contribution >= 0.6 is 0 Å². The predicted molar refractivity (Wildman–Crippen MR) is 114 cm³/mol. The predicted octanol–water partition coefficient (Wildman–Crippen LogP) is 3.01. The molecule has 0 atom stereocenters. The molecule has 8 heteroatoms. The van der Waals surface area contributed by atoms with Crippen molar-refractivity contribution in [3.8, 4) is 0 Å². The number of carbonyl (C=O) groups excluding carboxylic acids is 2. The third-order valence-electron chi connectivity index (χ3n) is 4.91. The topological polar surface area (TPSA) is 98.4 Å². The Labute approximate surface area is 172 Å². The Hall–Kier alpha value is -3.81. The molecule has 0 saturated heterocycles. The zero-order valence-corrected chi connectivity index (χ0v) is 16.9. The summed E-state index contributed by atoms with van der Waals surface area (Å²) in [4.78, 5) is 37.4.